The molecule has 0 bridgehead atoms. The lowest BCUT2D eigenvalue weighted by molar-refractivity contribution is 0.227. The maximum absolute atomic E-state index is 5.91. The summed E-state index contributed by atoms with van der Waals surface area (Å²) in [6.07, 6.45) is 1.20. The first kappa shape index (κ1) is 12.9. The maximum atomic E-state index is 5.91. The fourth-order valence-electron chi connectivity index (χ4n) is 2.51. The molecule has 1 aliphatic rings. The summed E-state index contributed by atoms with van der Waals surface area (Å²) >= 11 is 5.91. The van der Waals surface area contributed by atoms with Gasteiger partial charge in [-0.1, -0.05) is 30.7 Å². The van der Waals surface area contributed by atoms with Crippen LogP contribution in [0, 0.1) is 5.41 Å². The summed E-state index contributed by atoms with van der Waals surface area (Å²) in [5.41, 5.74) is 7.47. The lowest BCUT2D eigenvalue weighted by Gasteiger charge is -2.27. The SMILES string of the molecule is CC(c1ccc(Cl)cc1)N1CCC(C)(CN)C1. The number of hydrogen-bond donors (Lipinski definition) is 1. The lowest BCUT2D eigenvalue weighted by Crippen LogP contribution is -2.32. The Labute approximate surface area is 109 Å². The molecule has 1 saturated heterocycles. The van der Waals surface area contributed by atoms with Gasteiger partial charge in [0.15, 0.2) is 0 Å². The fourth-order valence-corrected chi connectivity index (χ4v) is 2.64. The number of hydrogen-bond acceptors (Lipinski definition) is 2. The highest BCUT2D eigenvalue weighted by Crippen LogP contribution is 2.34. The molecule has 2 atom stereocenters. The van der Waals surface area contributed by atoms with E-state index in [9.17, 15) is 0 Å². The van der Waals surface area contributed by atoms with Gasteiger partial charge in [-0.25, -0.2) is 0 Å². The van der Waals surface area contributed by atoms with Crippen LogP contribution in [-0.4, -0.2) is 24.5 Å². The Morgan fingerprint density at radius 3 is 2.59 bits per heavy atom. The molecular weight excluding hydrogens is 232 g/mol. The van der Waals surface area contributed by atoms with Crippen molar-refractivity contribution in [2.75, 3.05) is 19.6 Å². The minimum atomic E-state index is 0.292. The Morgan fingerprint density at radius 2 is 2.06 bits per heavy atom. The average molecular weight is 253 g/mol. The van der Waals surface area contributed by atoms with Crippen LogP contribution in [0.1, 0.15) is 31.9 Å². The molecule has 0 aliphatic carbocycles. The lowest BCUT2D eigenvalue weighted by atomic mass is 9.90. The predicted octanol–water partition coefficient (Wildman–Crippen LogP) is 3.07. The van der Waals surface area contributed by atoms with Gasteiger partial charge >= 0.3 is 0 Å². The molecule has 1 aromatic carbocycles. The van der Waals surface area contributed by atoms with Crippen molar-refractivity contribution in [2.45, 2.75) is 26.3 Å². The second kappa shape index (κ2) is 4.97. The van der Waals surface area contributed by atoms with Crippen LogP contribution in [0.2, 0.25) is 5.02 Å². The van der Waals surface area contributed by atoms with Crippen LogP contribution in [0.4, 0.5) is 0 Å². The van der Waals surface area contributed by atoms with Crippen LogP contribution in [-0.2, 0) is 0 Å². The molecule has 2 rings (SSSR count). The van der Waals surface area contributed by atoms with Gasteiger partial charge in [0.25, 0.3) is 0 Å². The van der Waals surface area contributed by atoms with E-state index in [-0.39, 0.29) is 0 Å². The summed E-state index contributed by atoms with van der Waals surface area (Å²) in [7, 11) is 0. The Hall–Kier alpha value is -0.570. The normalized spacial score (nSPS) is 27.3. The van der Waals surface area contributed by atoms with Crippen LogP contribution >= 0.6 is 11.6 Å². The van der Waals surface area contributed by atoms with Crippen molar-refractivity contribution in [3.63, 3.8) is 0 Å². The van der Waals surface area contributed by atoms with Gasteiger partial charge in [0.1, 0.15) is 0 Å². The third-order valence-corrected chi connectivity index (χ3v) is 4.23. The molecule has 0 spiro atoms. The van der Waals surface area contributed by atoms with Crippen LogP contribution in [0.3, 0.4) is 0 Å². The summed E-state index contributed by atoms with van der Waals surface area (Å²) < 4.78 is 0. The van der Waals surface area contributed by atoms with Crippen molar-refractivity contribution in [2.24, 2.45) is 11.1 Å². The molecule has 2 nitrogen and oxygen atoms in total. The molecule has 0 saturated carbocycles. The first-order chi connectivity index (χ1) is 8.04. The first-order valence-corrected chi connectivity index (χ1v) is 6.61. The molecule has 0 amide bonds. The Morgan fingerprint density at radius 1 is 1.41 bits per heavy atom. The van der Waals surface area contributed by atoms with Crippen LogP contribution in [0.15, 0.2) is 24.3 Å². The van der Waals surface area contributed by atoms with Crippen LogP contribution < -0.4 is 5.73 Å². The molecule has 94 valence electrons. The zero-order valence-electron chi connectivity index (χ0n) is 10.6. The summed E-state index contributed by atoms with van der Waals surface area (Å²) in [5.74, 6) is 0. The van der Waals surface area contributed by atoms with Gasteiger partial charge in [-0.3, -0.25) is 4.90 Å². The molecule has 1 aromatic rings. The van der Waals surface area contributed by atoms with Gasteiger partial charge in [0, 0.05) is 17.6 Å². The van der Waals surface area contributed by atoms with Gasteiger partial charge < -0.3 is 5.73 Å². The van der Waals surface area contributed by atoms with Crippen LogP contribution in [0.25, 0.3) is 0 Å². The molecule has 1 heterocycles. The monoisotopic (exact) mass is 252 g/mol. The van der Waals surface area contributed by atoms with Gasteiger partial charge in [-0.15, -0.1) is 0 Å². The van der Waals surface area contributed by atoms with Crippen molar-refractivity contribution < 1.29 is 0 Å². The van der Waals surface area contributed by atoms with E-state index in [2.05, 4.69) is 30.9 Å². The third-order valence-electron chi connectivity index (χ3n) is 3.98. The quantitative estimate of drug-likeness (QED) is 0.896. The van der Waals surface area contributed by atoms with Crippen molar-refractivity contribution >= 4 is 11.6 Å². The highest BCUT2D eigenvalue weighted by Gasteiger charge is 2.34. The molecule has 2 N–H and O–H groups in total. The van der Waals surface area contributed by atoms with E-state index in [0.29, 0.717) is 11.5 Å². The van der Waals surface area contributed by atoms with Crippen LogP contribution in [0.5, 0.6) is 0 Å². The maximum Gasteiger partial charge on any atom is 0.0406 e. The second-order valence-corrected chi connectivity index (χ2v) is 5.90. The minimum Gasteiger partial charge on any atom is -0.330 e. The molecule has 0 aromatic heterocycles. The van der Waals surface area contributed by atoms with Gasteiger partial charge in [0.2, 0.25) is 0 Å². The zero-order valence-corrected chi connectivity index (χ0v) is 11.4. The van der Waals surface area contributed by atoms with Crippen molar-refractivity contribution in [3.05, 3.63) is 34.9 Å². The minimum absolute atomic E-state index is 0.292. The number of rotatable bonds is 3. The van der Waals surface area contributed by atoms with Gasteiger partial charge in [-0.05, 0) is 49.5 Å². The molecular formula is C14H21ClN2. The van der Waals surface area contributed by atoms with Crippen molar-refractivity contribution in [3.8, 4) is 0 Å². The van der Waals surface area contributed by atoms with Crippen molar-refractivity contribution in [1.29, 1.82) is 0 Å². The smallest absolute Gasteiger partial charge is 0.0406 e. The number of halogens is 1. The first-order valence-electron chi connectivity index (χ1n) is 6.24. The number of nitrogens with two attached hydrogens (primary N) is 1. The number of likely N-dealkylation sites (tertiary alicyclic amines) is 1. The molecule has 2 unspecified atom stereocenters. The average Bonchev–Trinajstić information content (AvgIpc) is 2.73. The largest absolute Gasteiger partial charge is 0.330 e. The molecule has 1 aliphatic heterocycles. The van der Waals surface area contributed by atoms with E-state index >= 15 is 0 Å². The highest BCUT2D eigenvalue weighted by atomic mass is 35.5. The number of benzene rings is 1. The molecule has 3 heteroatoms. The Balaban J connectivity index is 2.06. The van der Waals surface area contributed by atoms with Crippen molar-refractivity contribution in [1.82, 2.24) is 4.90 Å². The van der Waals surface area contributed by atoms with E-state index in [4.69, 9.17) is 17.3 Å². The standard InChI is InChI=1S/C14H21ClN2/c1-11(12-3-5-13(15)6-4-12)17-8-7-14(2,9-16)10-17/h3-6,11H,7-10,16H2,1-2H3. The summed E-state index contributed by atoms with van der Waals surface area (Å²) in [6.45, 7) is 7.54. The Kier molecular flexibility index (Phi) is 3.76. The molecule has 0 radical (unpaired) electrons. The zero-order chi connectivity index (χ0) is 12.5. The highest BCUT2D eigenvalue weighted by molar-refractivity contribution is 6.30. The topological polar surface area (TPSA) is 29.3 Å². The van der Waals surface area contributed by atoms with Gasteiger partial charge in [-0.2, -0.15) is 0 Å². The summed E-state index contributed by atoms with van der Waals surface area (Å²) in [6, 6.07) is 8.61. The molecule has 1 fully saturated rings. The summed E-state index contributed by atoms with van der Waals surface area (Å²) in [4.78, 5) is 2.51. The fraction of sp³-hybridized carbons (Fsp3) is 0.571. The van der Waals surface area contributed by atoms with E-state index < -0.39 is 0 Å². The van der Waals surface area contributed by atoms with E-state index in [0.717, 1.165) is 24.7 Å². The van der Waals surface area contributed by atoms with Gasteiger partial charge in [0.05, 0.1) is 0 Å². The third kappa shape index (κ3) is 2.82. The predicted molar refractivity (Wildman–Crippen MR) is 73.2 cm³/mol. The number of nitrogens with zero attached hydrogens (tertiary/aromatic N) is 1. The Bertz CT molecular complexity index is 376. The van der Waals surface area contributed by atoms with E-state index in [1.807, 2.05) is 12.1 Å². The molecule has 17 heavy (non-hydrogen) atoms. The van der Waals surface area contributed by atoms with E-state index in [1.54, 1.807) is 0 Å². The summed E-state index contributed by atoms with van der Waals surface area (Å²) in [5, 5.41) is 0.800. The second-order valence-electron chi connectivity index (χ2n) is 5.46. The van der Waals surface area contributed by atoms with E-state index in [1.165, 1.54) is 12.0 Å².